The normalized spacial score (nSPS) is 11.4. The molecule has 1 heteroatoms. The fraction of sp³-hybridized carbons (Fsp3) is 0.556. The first-order chi connectivity index (χ1) is 4.91. The van der Waals surface area contributed by atoms with Crippen molar-refractivity contribution in [2.24, 2.45) is 0 Å². The van der Waals surface area contributed by atoms with Gasteiger partial charge in [-0.2, -0.15) is 0 Å². The predicted octanol–water partition coefficient (Wildman–Crippen LogP) is 2.89. The topological polar surface area (TPSA) is 9.23 Å². The summed E-state index contributed by atoms with van der Waals surface area (Å²) in [7, 11) is 0. The molecular weight excluding hydrogens is 124 g/mol. The van der Waals surface area contributed by atoms with Crippen LogP contribution in [0.3, 0.4) is 0 Å². The molecule has 1 nitrogen and oxygen atoms in total. The van der Waals surface area contributed by atoms with Crippen LogP contribution in [0, 0.1) is 0 Å². The van der Waals surface area contributed by atoms with E-state index in [1.54, 1.807) is 6.26 Å². The molecule has 0 fully saturated rings. The molecule has 0 saturated carbocycles. The Labute approximate surface area is 63.4 Å². The lowest BCUT2D eigenvalue weighted by Crippen LogP contribution is -1.84. The van der Waals surface area contributed by atoms with Crippen LogP contribution in [0.1, 0.15) is 26.7 Å². The summed E-state index contributed by atoms with van der Waals surface area (Å²) in [5, 5.41) is 0. The van der Waals surface area contributed by atoms with Crippen molar-refractivity contribution in [1.29, 1.82) is 0 Å². The smallest absolute Gasteiger partial charge is 0.0876 e. The minimum atomic E-state index is 0.828. The summed E-state index contributed by atoms with van der Waals surface area (Å²) in [5.74, 6) is 0. The van der Waals surface area contributed by atoms with Crippen LogP contribution >= 0.6 is 0 Å². The van der Waals surface area contributed by atoms with E-state index in [9.17, 15) is 0 Å². The zero-order valence-corrected chi connectivity index (χ0v) is 6.84. The third-order valence-corrected chi connectivity index (χ3v) is 1.10. The van der Waals surface area contributed by atoms with Crippen molar-refractivity contribution < 1.29 is 4.74 Å². The highest BCUT2D eigenvalue weighted by Crippen LogP contribution is 1.91. The number of ether oxygens (including phenoxy) is 1. The van der Waals surface area contributed by atoms with Gasteiger partial charge in [0.15, 0.2) is 0 Å². The molecule has 0 heterocycles. The number of unbranched alkanes of at least 4 members (excludes halogenated alkanes) is 1. The number of rotatable bonds is 5. The summed E-state index contributed by atoms with van der Waals surface area (Å²) in [6.45, 7) is 4.81. The van der Waals surface area contributed by atoms with E-state index >= 15 is 0 Å². The van der Waals surface area contributed by atoms with Gasteiger partial charge in [-0.1, -0.05) is 18.2 Å². The van der Waals surface area contributed by atoms with E-state index < -0.39 is 0 Å². The first-order valence-corrected chi connectivity index (χ1v) is 3.75. The molecule has 0 aliphatic heterocycles. The molecule has 0 saturated heterocycles. The Kier molecular flexibility index (Phi) is 7.68. The molecule has 0 N–H and O–H groups in total. The lowest BCUT2D eigenvalue weighted by atomic mass is 10.3. The Balaban J connectivity index is 2.90. The maximum atomic E-state index is 5.11. The highest BCUT2D eigenvalue weighted by atomic mass is 16.5. The Bertz CT molecular complexity index is 89.3. The van der Waals surface area contributed by atoms with E-state index in [-0.39, 0.29) is 0 Å². The molecule has 0 bridgehead atoms. The summed E-state index contributed by atoms with van der Waals surface area (Å²) in [6, 6.07) is 0. The van der Waals surface area contributed by atoms with Crippen molar-refractivity contribution in [3.05, 3.63) is 24.5 Å². The molecule has 0 aromatic carbocycles. The van der Waals surface area contributed by atoms with Gasteiger partial charge in [-0.05, 0) is 26.7 Å². The SMILES string of the molecule is C/C=C/CCCO/C=C/C. The van der Waals surface area contributed by atoms with Crippen molar-refractivity contribution in [2.75, 3.05) is 6.61 Å². The summed E-state index contributed by atoms with van der Waals surface area (Å²) in [6.07, 6.45) is 10.1. The third-order valence-electron chi connectivity index (χ3n) is 1.10. The molecule has 0 aliphatic rings. The van der Waals surface area contributed by atoms with Gasteiger partial charge in [0.2, 0.25) is 0 Å². The minimum absolute atomic E-state index is 0.828. The Morgan fingerprint density at radius 3 is 2.60 bits per heavy atom. The third kappa shape index (κ3) is 7.28. The molecular formula is C9H16O. The number of hydrogen-bond donors (Lipinski definition) is 0. The maximum absolute atomic E-state index is 5.11. The van der Waals surface area contributed by atoms with Crippen LogP contribution in [0.5, 0.6) is 0 Å². The molecule has 0 aromatic heterocycles. The van der Waals surface area contributed by atoms with Gasteiger partial charge in [0.05, 0.1) is 12.9 Å². The van der Waals surface area contributed by atoms with Crippen LogP contribution in [0.2, 0.25) is 0 Å². The fourth-order valence-corrected chi connectivity index (χ4v) is 0.615. The first kappa shape index (κ1) is 9.28. The molecule has 0 radical (unpaired) electrons. The van der Waals surface area contributed by atoms with Crippen LogP contribution in [-0.4, -0.2) is 6.61 Å². The first-order valence-electron chi connectivity index (χ1n) is 3.75. The number of allylic oxidation sites excluding steroid dienone is 3. The largest absolute Gasteiger partial charge is 0.502 e. The molecule has 0 aromatic rings. The Morgan fingerprint density at radius 1 is 1.20 bits per heavy atom. The van der Waals surface area contributed by atoms with E-state index in [0.717, 1.165) is 19.4 Å². The van der Waals surface area contributed by atoms with Crippen molar-refractivity contribution in [3.63, 3.8) is 0 Å². The van der Waals surface area contributed by atoms with Gasteiger partial charge in [-0.15, -0.1) is 0 Å². The highest BCUT2D eigenvalue weighted by Gasteiger charge is 1.80. The second kappa shape index (κ2) is 8.28. The standard InChI is InChI=1S/C9H16O/c1-3-5-6-7-9-10-8-4-2/h3-5,8H,6-7,9H2,1-2H3/b5-3+,8-4+. The van der Waals surface area contributed by atoms with Crippen LogP contribution in [0.15, 0.2) is 24.5 Å². The average molecular weight is 140 g/mol. The van der Waals surface area contributed by atoms with Crippen LogP contribution in [0.4, 0.5) is 0 Å². The monoisotopic (exact) mass is 140 g/mol. The second-order valence-corrected chi connectivity index (χ2v) is 2.05. The summed E-state index contributed by atoms with van der Waals surface area (Å²) < 4.78 is 5.11. The van der Waals surface area contributed by atoms with E-state index in [1.807, 2.05) is 19.9 Å². The van der Waals surface area contributed by atoms with Crippen molar-refractivity contribution in [1.82, 2.24) is 0 Å². The van der Waals surface area contributed by atoms with Gasteiger partial charge in [0, 0.05) is 0 Å². The summed E-state index contributed by atoms with van der Waals surface area (Å²) in [4.78, 5) is 0. The molecule has 0 unspecified atom stereocenters. The van der Waals surface area contributed by atoms with Gasteiger partial charge < -0.3 is 4.74 Å². The lowest BCUT2D eigenvalue weighted by Gasteiger charge is -1.95. The zero-order valence-electron chi connectivity index (χ0n) is 6.84. The molecule has 0 amide bonds. The molecule has 0 aliphatic carbocycles. The van der Waals surface area contributed by atoms with Crippen LogP contribution in [0.25, 0.3) is 0 Å². The fourth-order valence-electron chi connectivity index (χ4n) is 0.615. The van der Waals surface area contributed by atoms with Gasteiger partial charge >= 0.3 is 0 Å². The van der Waals surface area contributed by atoms with Gasteiger partial charge in [0.25, 0.3) is 0 Å². The minimum Gasteiger partial charge on any atom is -0.502 e. The molecule has 10 heavy (non-hydrogen) atoms. The van der Waals surface area contributed by atoms with E-state index in [2.05, 4.69) is 12.2 Å². The van der Waals surface area contributed by atoms with Crippen molar-refractivity contribution in [2.45, 2.75) is 26.7 Å². The van der Waals surface area contributed by atoms with Gasteiger partial charge in [-0.3, -0.25) is 0 Å². The van der Waals surface area contributed by atoms with Gasteiger partial charge in [-0.25, -0.2) is 0 Å². The van der Waals surface area contributed by atoms with E-state index in [1.165, 1.54) is 0 Å². The molecule has 0 atom stereocenters. The highest BCUT2D eigenvalue weighted by molar-refractivity contribution is 4.76. The molecule has 0 rings (SSSR count). The van der Waals surface area contributed by atoms with Crippen LogP contribution < -0.4 is 0 Å². The van der Waals surface area contributed by atoms with Gasteiger partial charge in [0.1, 0.15) is 0 Å². The average Bonchev–Trinajstić information content (AvgIpc) is 1.97. The number of hydrogen-bond acceptors (Lipinski definition) is 1. The van der Waals surface area contributed by atoms with E-state index in [4.69, 9.17) is 4.74 Å². The van der Waals surface area contributed by atoms with Crippen LogP contribution in [-0.2, 0) is 4.74 Å². The second-order valence-electron chi connectivity index (χ2n) is 2.05. The molecule has 58 valence electrons. The summed E-state index contributed by atoms with van der Waals surface area (Å²) in [5.41, 5.74) is 0. The molecule has 0 spiro atoms. The van der Waals surface area contributed by atoms with Crippen molar-refractivity contribution in [3.8, 4) is 0 Å². The quantitative estimate of drug-likeness (QED) is 0.324. The zero-order chi connectivity index (χ0) is 7.66. The lowest BCUT2D eigenvalue weighted by molar-refractivity contribution is 0.245. The Morgan fingerprint density at radius 2 is 2.00 bits per heavy atom. The Hall–Kier alpha value is -0.720. The summed E-state index contributed by atoms with van der Waals surface area (Å²) >= 11 is 0. The predicted molar refractivity (Wildman–Crippen MR) is 44.8 cm³/mol. The maximum Gasteiger partial charge on any atom is 0.0876 e. The van der Waals surface area contributed by atoms with E-state index in [0.29, 0.717) is 0 Å². The van der Waals surface area contributed by atoms with Crippen molar-refractivity contribution >= 4 is 0 Å².